The van der Waals surface area contributed by atoms with Gasteiger partial charge in [0.2, 0.25) is 0 Å². The summed E-state index contributed by atoms with van der Waals surface area (Å²) in [6.45, 7) is 6.98. The molecule has 0 spiro atoms. The third-order valence-electron chi connectivity index (χ3n) is 4.18. The molecule has 0 aromatic rings. The molecule has 7 heteroatoms. The van der Waals surface area contributed by atoms with Gasteiger partial charge in [0.05, 0.1) is 0 Å². The number of rotatable bonds is 1. The number of aliphatic imine (C=N–C) groups is 1. The van der Waals surface area contributed by atoms with Gasteiger partial charge in [-0.05, 0) is 55.3 Å². The number of hydrogen-bond acceptors (Lipinski definition) is 6. The zero-order valence-corrected chi connectivity index (χ0v) is 15.5. The smallest absolute Gasteiger partial charge is 0.172 e. The molecule has 20 heavy (non-hydrogen) atoms. The van der Waals surface area contributed by atoms with Gasteiger partial charge in [-0.25, -0.2) is 4.99 Å². The first-order chi connectivity index (χ1) is 8.99. The summed E-state index contributed by atoms with van der Waals surface area (Å²) in [6.07, 6.45) is 2.46. The van der Waals surface area contributed by atoms with Gasteiger partial charge in [-0.15, -0.1) is 12.4 Å². The minimum absolute atomic E-state index is 0. The van der Waals surface area contributed by atoms with E-state index in [-0.39, 0.29) is 12.4 Å². The third-order valence-corrected chi connectivity index (χ3v) is 6.73. The van der Waals surface area contributed by atoms with Crippen molar-refractivity contribution < 1.29 is 0 Å². The van der Waals surface area contributed by atoms with Gasteiger partial charge in [-0.1, -0.05) is 0 Å². The van der Waals surface area contributed by atoms with Crippen LogP contribution >= 0.6 is 34.0 Å². The fourth-order valence-electron chi connectivity index (χ4n) is 2.44. The maximum Gasteiger partial charge on any atom is 0.172 e. The minimum atomic E-state index is 0. The van der Waals surface area contributed by atoms with E-state index in [4.69, 9.17) is 4.99 Å². The first kappa shape index (κ1) is 18.4. The second-order valence-electron chi connectivity index (χ2n) is 5.79. The lowest BCUT2D eigenvalue weighted by Gasteiger charge is -2.37. The lowest BCUT2D eigenvalue weighted by Crippen LogP contribution is -2.45. The number of halogens is 1. The van der Waals surface area contributed by atoms with E-state index in [2.05, 4.69) is 49.7 Å². The van der Waals surface area contributed by atoms with Crippen LogP contribution in [0, 0.1) is 0 Å². The maximum absolute atomic E-state index is 4.83. The van der Waals surface area contributed by atoms with E-state index in [9.17, 15) is 0 Å². The quantitative estimate of drug-likeness (QED) is 0.684. The van der Waals surface area contributed by atoms with Crippen LogP contribution in [0.1, 0.15) is 26.7 Å². The SMILES string of the molecule is CC1CCN(C2N=C(N(C)C)SS2)CCC(C)N1C.Cl. The Balaban J connectivity index is 0.00000200. The molecule has 0 aliphatic carbocycles. The molecular weight excluding hydrogens is 312 g/mol. The Morgan fingerprint density at radius 3 is 2.15 bits per heavy atom. The molecule has 2 heterocycles. The van der Waals surface area contributed by atoms with Gasteiger partial charge >= 0.3 is 0 Å². The van der Waals surface area contributed by atoms with Crippen LogP contribution in [0.15, 0.2) is 4.99 Å². The monoisotopic (exact) mass is 338 g/mol. The second-order valence-corrected chi connectivity index (χ2v) is 8.01. The predicted octanol–water partition coefficient (Wildman–Crippen LogP) is 2.81. The van der Waals surface area contributed by atoms with E-state index in [1.165, 1.54) is 12.8 Å². The molecule has 0 radical (unpaired) electrons. The fraction of sp³-hybridized carbons (Fsp3) is 0.923. The summed E-state index contributed by atoms with van der Waals surface area (Å²) in [4.78, 5) is 12.0. The Morgan fingerprint density at radius 2 is 1.70 bits per heavy atom. The number of nitrogens with zero attached hydrogens (tertiary/aromatic N) is 4. The first-order valence-electron chi connectivity index (χ1n) is 7.03. The summed E-state index contributed by atoms with van der Waals surface area (Å²) in [6, 6.07) is 1.32. The zero-order valence-electron chi connectivity index (χ0n) is 13.1. The van der Waals surface area contributed by atoms with Gasteiger partial charge in [-0.2, -0.15) is 0 Å². The van der Waals surface area contributed by atoms with Gasteiger partial charge in [0, 0.05) is 39.3 Å². The van der Waals surface area contributed by atoms with Crippen molar-refractivity contribution in [1.82, 2.24) is 14.7 Å². The van der Waals surface area contributed by atoms with Crippen molar-refractivity contribution in [2.75, 3.05) is 34.2 Å². The van der Waals surface area contributed by atoms with Gasteiger partial charge in [0.25, 0.3) is 0 Å². The van der Waals surface area contributed by atoms with Crippen molar-refractivity contribution in [1.29, 1.82) is 0 Å². The molecule has 0 bridgehead atoms. The topological polar surface area (TPSA) is 22.1 Å². The van der Waals surface area contributed by atoms with Crippen molar-refractivity contribution in [3.05, 3.63) is 0 Å². The van der Waals surface area contributed by atoms with E-state index in [1.54, 1.807) is 10.8 Å². The van der Waals surface area contributed by atoms with Crippen LogP contribution in [0.25, 0.3) is 0 Å². The van der Waals surface area contributed by atoms with Crippen molar-refractivity contribution in [3.8, 4) is 0 Å². The molecule has 3 atom stereocenters. The van der Waals surface area contributed by atoms with Gasteiger partial charge in [0.15, 0.2) is 10.7 Å². The van der Waals surface area contributed by atoms with Crippen molar-refractivity contribution in [2.24, 2.45) is 4.99 Å². The molecule has 0 aromatic carbocycles. The third kappa shape index (κ3) is 4.44. The second kappa shape index (κ2) is 8.13. The van der Waals surface area contributed by atoms with E-state index >= 15 is 0 Å². The average molecular weight is 339 g/mol. The molecule has 1 fully saturated rings. The minimum Gasteiger partial charge on any atom is -0.357 e. The molecule has 2 aliphatic heterocycles. The highest BCUT2D eigenvalue weighted by Gasteiger charge is 2.29. The molecule has 0 aromatic heterocycles. The standard InChI is InChI=1S/C13H26N4S2.ClH/c1-10-6-8-17(9-7-11(2)16(10)5)13-14-12(15(3)4)18-19-13;/h10-11,13H,6-9H2,1-5H3;1H. The molecule has 0 N–H and O–H groups in total. The van der Waals surface area contributed by atoms with Crippen LogP contribution in [-0.2, 0) is 0 Å². The summed E-state index contributed by atoms with van der Waals surface area (Å²) < 4.78 is 0. The van der Waals surface area contributed by atoms with Crippen molar-refractivity contribution in [3.63, 3.8) is 0 Å². The first-order valence-corrected chi connectivity index (χ1v) is 9.24. The van der Waals surface area contributed by atoms with Crippen LogP contribution in [0.4, 0.5) is 0 Å². The summed E-state index contributed by atoms with van der Waals surface area (Å²) in [5, 5.41) is 1.15. The van der Waals surface area contributed by atoms with E-state index < -0.39 is 0 Å². The summed E-state index contributed by atoms with van der Waals surface area (Å²) in [5.41, 5.74) is 0.310. The summed E-state index contributed by atoms with van der Waals surface area (Å²) >= 11 is 0. The van der Waals surface area contributed by atoms with Crippen molar-refractivity contribution >= 4 is 39.2 Å². The molecule has 2 aliphatic rings. The van der Waals surface area contributed by atoms with Crippen LogP contribution in [0.2, 0.25) is 0 Å². The molecule has 118 valence electrons. The van der Waals surface area contributed by atoms with Crippen LogP contribution in [-0.4, -0.2) is 71.7 Å². The summed E-state index contributed by atoms with van der Waals surface area (Å²) in [7, 11) is 10.1. The van der Waals surface area contributed by atoms with Crippen LogP contribution in [0.3, 0.4) is 0 Å². The highest BCUT2D eigenvalue weighted by atomic mass is 35.5. The molecule has 0 amide bonds. The van der Waals surface area contributed by atoms with Crippen molar-refractivity contribution in [2.45, 2.75) is 44.3 Å². The van der Waals surface area contributed by atoms with E-state index in [0.717, 1.165) is 18.3 Å². The zero-order chi connectivity index (χ0) is 14.0. The fourth-order valence-corrected chi connectivity index (χ4v) is 5.03. The van der Waals surface area contributed by atoms with E-state index in [1.807, 2.05) is 10.8 Å². The Morgan fingerprint density at radius 1 is 1.15 bits per heavy atom. The Hall–Kier alpha value is 0.380. The lowest BCUT2D eigenvalue weighted by atomic mass is 10.1. The number of amidine groups is 1. The number of hydrogen-bond donors (Lipinski definition) is 0. The predicted molar refractivity (Wildman–Crippen MR) is 94.8 cm³/mol. The van der Waals surface area contributed by atoms with Crippen LogP contribution < -0.4 is 0 Å². The highest BCUT2D eigenvalue weighted by Crippen LogP contribution is 2.39. The largest absolute Gasteiger partial charge is 0.357 e. The molecular formula is C13H27ClN4S2. The molecule has 0 saturated carbocycles. The van der Waals surface area contributed by atoms with Gasteiger partial charge < -0.3 is 9.80 Å². The normalized spacial score (nSPS) is 33.0. The molecule has 2 rings (SSSR count). The maximum atomic E-state index is 4.83. The Bertz CT molecular complexity index is 326. The Kier molecular flexibility index (Phi) is 7.49. The van der Waals surface area contributed by atoms with Gasteiger partial charge in [-0.3, -0.25) is 4.90 Å². The molecule has 3 unspecified atom stereocenters. The highest BCUT2D eigenvalue weighted by molar-refractivity contribution is 8.82. The van der Waals surface area contributed by atoms with E-state index in [0.29, 0.717) is 17.6 Å². The van der Waals surface area contributed by atoms with Gasteiger partial charge in [0.1, 0.15) is 0 Å². The molecule has 4 nitrogen and oxygen atoms in total. The average Bonchev–Trinajstić information content (AvgIpc) is 2.85. The summed E-state index contributed by atoms with van der Waals surface area (Å²) in [5.74, 6) is 0. The Labute approximate surface area is 137 Å². The lowest BCUT2D eigenvalue weighted by molar-refractivity contribution is 0.115. The molecule has 1 saturated heterocycles. The van der Waals surface area contributed by atoms with Crippen LogP contribution in [0.5, 0.6) is 0 Å².